The van der Waals surface area contributed by atoms with Crippen molar-refractivity contribution >= 4 is 35.2 Å². The van der Waals surface area contributed by atoms with Crippen molar-refractivity contribution < 1.29 is 24.2 Å². The van der Waals surface area contributed by atoms with Gasteiger partial charge in [0.25, 0.3) is 0 Å². The van der Waals surface area contributed by atoms with E-state index in [0.29, 0.717) is 31.2 Å². The van der Waals surface area contributed by atoms with Crippen molar-refractivity contribution in [1.82, 2.24) is 9.88 Å². The maximum atomic E-state index is 12.6. The molecule has 10 heteroatoms. The second kappa shape index (κ2) is 11.4. The minimum atomic E-state index is -1.18. The molecule has 0 saturated carbocycles. The van der Waals surface area contributed by atoms with Gasteiger partial charge in [0.1, 0.15) is 22.7 Å². The molecule has 39 heavy (non-hydrogen) atoms. The number of benzene rings is 2. The topological polar surface area (TPSA) is 104 Å². The first kappa shape index (κ1) is 28.0. The number of carboxylic acids is 1. The number of ether oxygens (including phenoxy) is 2. The molecule has 1 saturated heterocycles. The van der Waals surface area contributed by atoms with Gasteiger partial charge in [-0.3, -0.25) is 0 Å². The highest BCUT2D eigenvalue weighted by atomic mass is 35.5. The number of hydrogen-bond donors (Lipinski definition) is 2. The fourth-order valence-corrected chi connectivity index (χ4v) is 4.68. The predicted octanol–water partition coefficient (Wildman–Crippen LogP) is 6.38. The molecule has 0 aliphatic carbocycles. The van der Waals surface area contributed by atoms with Crippen molar-refractivity contribution in [3.8, 4) is 22.6 Å². The minimum absolute atomic E-state index is 0.00667. The summed E-state index contributed by atoms with van der Waals surface area (Å²) in [4.78, 5) is 32.7. The molecule has 1 amide bonds. The average Bonchev–Trinajstić information content (AvgIpc) is 2.87. The molecule has 1 aliphatic rings. The lowest BCUT2D eigenvalue weighted by molar-refractivity contribution is 0.0159. The Balaban J connectivity index is 1.56. The van der Waals surface area contributed by atoms with E-state index >= 15 is 0 Å². The fraction of sp³-hybridized carbons (Fsp3) is 0.345. The van der Waals surface area contributed by atoms with Crippen molar-refractivity contribution in [3.05, 3.63) is 65.3 Å². The van der Waals surface area contributed by atoms with Crippen LogP contribution in [0.4, 0.5) is 16.3 Å². The summed E-state index contributed by atoms with van der Waals surface area (Å²) in [6.45, 7) is 9.55. The molecule has 1 aromatic heterocycles. The number of halogens is 1. The maximum absolute atomic E-state index is 12.6. The molecule has 2 aromatic carbocycles. The third-order valence-electron chi connectivity index (χ3n) is 6.33. The van der Waals surface area contributed by atoms with Gasteiger partial charge in [0, 0.05) is 44.0 Å². The van der Waals surface area contributed by atoms with Crippen LogP contribution in [0.15, 0.2) is 54.7 Å². The van der Waals surface area contributed by atoms with E-state index in [1.165, 1.54) is 6.07 Å². The van der Waals surface area contributed by atoms with E-state index in [0.717, 1.165) is 16.8 Å². The first-order valence-corrected chi connectivity index (χ1v) is 13.1. The highest BCUT2D eigenvalue weighted by Crippen LogP contribution is 2.38. The number of amides is 1. The van der Waals surface area contributed by atoms with Gasteiger partial charge in [-0.05, 0) is 63.6 Å². The second-order valence-electron chi connectivity index (χ2n) is 10.4. The average molecular weight is 553 g/mol. The van der Waals surface area contributed by atoms with E-state index in [1.54, 1.807) is 30.3 Å². The highest BCUT2D eigenvalue weighted by Gasteiger charge is 2.31. The summed E-state index contributed by atoms with van der Waals surface area (Å²) < 4.78 is 11.6. The Bertz CT molecular complexity index is 1360. The van der Waals surface area contributed by atoms with Crippen LogP contribution >= 0.6 is 11.6 Å². The van der Waals surface area contributed by atoms with Crippen LogP contribution < -0.4 is 15.0 Å². The van der Waals surface area contributed by atoms with Gasteiger partial charge in [0.2, 0.25) is 0 Å². The number of anilines is 2. The third-order valence-corrected chi connectivity index (χ3v) is 6.65. The van der Waals surface area contributed by atoms with E-state index in [1.807, 2.05) is 58.0 Å². The molecular weight excluding hydrogens is 520 g/mol. The molecule has 1 atom stereocenters. The van der Waals surface area contributed by atoms with Gasteiger partial charge in [-0.15, -0.1) is 0 Å². The lowest BCUT2D eigenvalue weighted by Crippen LogP contribution is -2.55. The number of pyridine rings is 1. The number of carboxylic acid groups (broad SMARTS) is 1. The minimum Gasteiger partial charge on any atom is -0.478 e. The molecule has 2 heterocycles. The van der Waals surface area contributed by atoms with Crippen molar-refractivity contribution in [2.24, 2.45) is 0 Å². The fourth-order valence-electron chi connectivity index (χ4n) is 4.44. The van der Waals surface area contributed by atoms with Crippen LogP contribution in [0, 0.1) is 0 Å². The summed E-state index contributed by atoms with van der Waals surface area (Å²) in [6, 6.07) is 14.6. The van der Waals surface area contributed by atoms with Crippen molar-refractivity contribution in [2.75, 3.05) is 36.9 Å². The van der Waals surface area contributed by atoms with Crippen LogP contribution in [-0.2, 0) is 4.74 Å². The van der Waals surface area contributed by atoms with E-state index in [2.05, 4.69) is 15.2 Å². The number of piperazine rings is 1. The first-order valence-electron chi connectivity index (χ1n) is 12.7. The molecule has 0 radical (unpaired) electrons. The smallest absolute Gasteiger partial charge is 0.410 e. The Kier molecular flexibility index (Phi) is 8.20. The zero-order valence-corrected chi connectivity index (χ0v) is 23.5. The normalized spacial score (nSPS) is 15.6. The van der Waals surface area contributed by atoms with Gasteiger partial charge in [-0.1, -0.05) is 29.8 Å². The maximum Gasteiger partial charge on any atom is 0.410 e. The molecule has 1 fully saturated rings. The predicted molar refractivity (Wildman–Crippen MR) is 152 cm³/mol. The largest absolute Gasteiger partial charge is 0.478 e. The molecule has 1 aliphatic heterocycles. The van der Waals surface area contributed by atoms with Crippen molar-refractivity contribution in [1.29, 1.82) is 0 Å². The molecular formula is C29H33ClN4O5. The van der Waals surface area contributed by atoms with Crippen molar-refractivity contribution in [3.63, 3.8) is 0 Å². The number of nitrogens with zero attached hydrogens (tertiary/aromatic N) is 3. The molecule has 0 unspecified atom stereocenters. The Morgan fingerprint density at radius 3 is 2.44 bits per heavy atom. The number of hydrogen-bond acceptors (Lipinski definition) is 7. The Labute approximate surface area is 233 Å². The van der Waals surface area contributed by atoms with Gasteiger partial charge in [-0.25, -0.2) is 14.6 Å². The van der Waals surface area contributed by atoms with Gasteiger partial charge < -0.3 is 29.7 Å². The van der Waals surface area contributed by atoms with Crippen LogP contribution in [0.3, 0.4) is 0 Å². The van der Waals surface area contributed by atoms with Crippen LogP contribution in [0.1, 0.15) is 38.1 Å². The highest BCUT2D eigenvalue weighted by molar-refractivity contribution is 6.33. The summed E-state index contributed by atoms with van der Waals surface area (Å²) in [5.41, 5.74) is 1.99. The number of aromatic carboxylic acids is 1. The van der Waals surface area contributed by atoms with Crippen LogP contribution in [0.2, 0.25) is 5.02 Å². The number of rotatable bonds is 6. The van der Waals surface area contributed by atoms with Gasteiger partial charge in [-0.2, -0.15) is 0 Å². The molecule has 0 spiro atoms. The number of nitrogens with one attached hydrogen (secondary N) is 1. The van der Waals surface area contributed by atoms with E-state index in [4.69, 9.17) is 21.1 Å². The van der Waals surface area contributed by atoms with E-state index < -0.39 is 11.6 Å². The Hall–Kier alpha value is -3.98. The Morgan fingerprint density at radius 1 is 1.10 bits per heavy atom. The SMILES string of the molecule is CNc1cc(-c2ccc(N3CCN(C(=O)OC(C)(C)C)[C@@H](C)C3)cc2)c(Oc2cccc(Cl)c2C(=O)O)cn1. The third kappa shape index (κ3) is 6.54. The summed E-state index contributed by atoms with van der Waals surface area (Å²) in [7, 11) is 1.77. The second-order valence-corrected chi connectivity index (χ2v) is 10.8. The van der Waals surface area contributed by atoms with Gasteiger partial charge in [0.15, 0.2) is 5.75 Å². The number of carbonyl (C=O) groups is 2. The molecule has 4 rings (SSSR count). The van der Waals surface area contributed by atoms with E-state index in [-0.39, 0.29) is 28.5 Å². The molecule has 206 valence electrons. The lowest BCUT2D eigenvalue weighted by Gasteiger charge is -2.41. The monoisotopic (exact) mass is 552 g/mol. The summed E-state index contributed by atoms with van der Waals surface area (Å²) in [5.74, 6) is -0.0183. The van der Waals surface area contributed by atoms with Crippen molar-refractivity contribution in [2.45, 2.75) is 39.3 Å². The standard InChI is InChI=1S/C29H33ClN4O5/c1-18-17-33(13-14-34(18)28(37)39-29(2,3)4)20-11-9-19(10-12-20)21-15-25(31-5)32-16-24(21)38-23-8-6-7-22(30)26(23)27(35)36/h6-12,15-16,18H,13-14,17H2,1-5H3,(H,31,32)(H,35,36)/t18-/m0/s1. The molecule has 3 aromatic rings. The summed E-state index contributed by atoms with van der Waals surface area (Å²) in [6.07, 6.45) is 1.26. The van der Waals surface area contributed by atoms with Crippen LogP contribution in [0.25, 0.3) is 11.1 Å². The van der Waals surface area contributed by atoms with Gasteiger partial charge >= 0.3 is 12.1 Å². The molecule has 2 N–H and O–H groups in total. The first-order chi connectivity index (χ1) is 18.5. The van der Waals surface area contributed by atoms with E-state index in [9.17, 15) is 14.7 Å². The molecule has 0 bridgehead atoms. The lowest BCUT2D eigenvalue weighted by atomic mass is 10.0. The number of carbonyl (C=O) groups excluding carboxylic acids is 1. The molecule has 9 nitrogen and oxygen atoms in total. The Morgan fingerprint density at radius 2 is 1.82 bits per heavy atom. The zero-order valence-electron chi connectivity index (χ0n) is 22.7. The van der Waals surface area contributed by atoms with Crippen LogP contribution in [-0.4, -0.2) is 65.4 Å². The summed E-state index contributed by atoms with van der Waals surface area (Å²) >= 11 is 6.13. The van der Waals surface area contributed by atoms with Gasteiger partial charge in [0.05, 0.1) is 11.2 Å². The quantitative estimate of drug-likeness (QED) is 0.363. The zero-order chi connectivity index (χ0) is 28.3. The number of aromatic nitrogens is 1. The summed E-state index contributed by atoms with van der Waals surface area (Å²) in [5, 5.41) is 12.8. The van der Waals surface area contributed by atoms with Crippen LogP contribution in [0.5, 0.6) is 11.5 Å².